The third-order valence-corrected chi connectivity index (χ3v) is 2.87. The van der Waals surface area contributed by atoms with E-state index in [-0.39, 0.29) is 11.2 Å². The summed E-state index contributed by atoms with van der Waals surface area (Å²) in [5.41, 5.74) is 2.34. The van der Waals surface area contributed by atoms with Crippen molar-refractivity contribution < 1.29 is 4.39 Å². The van der Waals surface area contributed by atoms with Crippen LogP contribution in [0.1, 0.15) is 24.8 Å². The Balaban J connectivity index is 2.26. The van der Waals surface area contributed by atoms with Gasteiger partial charge in [-0.3, -0.25) is 0 Å². The standard InChI is InChI=1S/C12H12ClF/c13-11-3-1-2-10(8-11)9-4-6-12(14)7-5-9/h4-8,11H,1-3H2. The molecule has 74 valence electrons. The topological polar surface area (TPSA) is 0 Å². The minimum atomic E-state index is -0.187. The fourth-order valence-corrected chi connectivity index (χ4v) is 2.08. The molecule has 0 bridgehead atoms. The maximum absolute atomic E-state index is 12.7. The zero-order valence-corrected chi connectivity index (χ0v) is 8.60. The first-order valence-corrected chi connectivity index (χ1v) is 5.30. The summed E-state index contributed by atoms with van der Waals surface area (Å²) in [6, 6.07) is 6.62. The molecule has 0 saturated heterocycles. The molecule has 1 aromatic rings. The SMILES string of the molecule is Fc1ccc(C2=CC(Cl)CCC2)cc1. The van der Waals surface area contributed by atoms with Gasteiger partial charge in [-0.15, -0.1) is 11.6 Å². The summed E-state index contributed by atoms with van der Waals surface area (Å²) in [4.78, 5) is 0. The number of benzene rings is 1. The molecule has 1 aromatic carbocycles. The zero-order chi connectivity index (χ0) is 9.97. The van der Waals surface area contributed by atoms with Crippen molar-refractivity contribution in [1.82, 2.24) is 0 Å². The molecular formula is C12H12ClF. The molecule has 0 fully saturated rings. The van der Waals surface area contributed by atoms with E-state index in [0.717, 1.165) is 24.8 Å². The molecule has 2 heteroatoms. The third-order valence-electron chi connectivity index (χ3n) is 2.52. The van der Waals surface area contributed by atoms with Crippen molar-refractivity contribution in [3.63, 3.8) is 0 Å². The second kappa shape index (κ2) is 4.14. The highest BCUT2D eigenvalue weighted by Gasteiger charge is 2.12. The number of halogens is 2. The van der Waals surface area contributed by atoms with Gasteiger partial charge in [0.05, 0.1) is 5.38 Å². The maximum Gasteiger partial charge on any atom is 0.123 e. The van der Waals surface area contributed by atoms with E-state index in [1.165, 1.54) is 17.7 Å². The number of alkyl halides is 1. The van der Waals surface area contributed by atoms with E-state index in [0.29, 0.717) is 0 Å². The number of rotatable bonds is 1. The summed E-state index contributed by atoms with van der Waals surface area (Å²) >= 11 is 6.04. The Hall–Kier alpha value is -0.820. The molecule has 0 spiro atoms. The van der Waals surface area contributed by atoms with Crippen LogP contribution in [0.3, 0.4) is 0 Å². The fraction of sp³-hybridized carbons (Fsp3) is 0.333. The monoisotopic (exact) mass is 210 g/mol. The van der Waals surface area contributed by atoms with Crippen LogP contribution in [0.4, 0.5) is 4.39 Å². The molecule has 0 aromatic heterocycles. The first kappa shape index (κ1) is 9.72. The van der Waals surface area contributed by atoms with E-state index in [1.807, 2.05) is 12.1 Å². The van der Waals surface area contributed by atoms with Gasteiger partial charge < -0.3 is 0 Å². The second-order valence-corrected chi connectivity index (χ2v) is 4.17. The summed E-state index contributed by atoms with van der Waals surface area (Å²) in [5.74, 6) is -0.187. The van der Waals surface area contributed by atoms with Gasteiger partial charge in [0.25, 0.3) is 0 Å². The van der Waals surface area contributed by atoms with E-state index < -0.39 is 0 Å². The molecule has 1 unspecified atom stereocenters. The summed E-state index contributed by atoms with van der Waals surface area (Å²) in [6.07, 6.45) is 5.30. The van der Waals surface area contributed by atoms with Crippen LogP contribution in [-0.2, 0) is 0 Å². The van der Waals surface area contributed by atoms with Crippen molar-refractivity contribution in [2.75, 3.05) is 0 Å². The van der Waals surface area contributed by atoms with Crippen molar-refractivity contribution >= 4 is 17.2 Å². The molecule has 0 saturated carbocycles. The first-order valence-electron chi connectivity index (χ1n) is 4.86. The summed E-state index contributed by atoms with van der Waals surface area (Å²) in [6.45, 7) is 0. The highest BCUT2D eigenvalue weighted by atomic mass is 35.5. The van der Waals surface area contributed by atoms with Gasteiger partial charge in [0.15, 0.2) is 0 Å². The molecular weight excluding hydrogens is 199 g/mol. The average Bonchev–Trinajstić information content (AvgIpc) is 2.19. The predicted octanol–water partition coefficient (Wildman–Crippen LogP) is 4.00. The first-order chi connectivity index (χ1) is 6.75. The van der Waals surface area contributed by atoms with Crippen LogP contribution < -0.4 is 0 Å². The Morgan fingerprint density at radius 3 is 2.57 bits per heavy atom. The molecule has 0 N–H and O–H groups in total. The van der Waals surface area contributed by atoms with Crippen LogP contribution in [-0.4, -0.2) is 5.38 Å². The zero-order valence-electron chi connectivity index (χ0n) is 7.84. The number of allylic oxidation sites excluding steroid dienone is 2. The molecule has 0 nitrogen and oxygen atoms in total. The lowest BCUT2D eigenvalue weighted by Gasteiger charge is -2.16. The molecule has 0 radical (unpaired) electrons. The molecule has 0 heterocycles. The molecule has 0 amide bonds. The van der Waals surface area contributed by atoms with Gasteiger partial charge in [-0.2, -0.15) is 0 Å². The Labute approximate surface area is 88.4 Å². The van der Waals surface area contributed by atoms with Gasteiger partial charge >= 0.3 is 0 Å². The summed E-state index contributed by atoms with van der Waals surface area (Å²) < 4.78 is 12.7. The molecule has 2 rings (SSSR count). The highest BCUT2D eigenvalue weighted by molar-refractivity contribution is 6.22. The van der Waals surface area contributed by atoms with Gasteiger partial charge in [0, 0.05) is 0 Å². The Morgan fingerprint density at radius 2 is 1.93 bits per heavy atom. The number of hydrogen-bond acceptors (Lipinski definition) is 0. The minimum absolute atomic E-state index is 0.142. The second-order valence-electron chi connectivity index (χ2n) is 3.61. The van der Waals surface area contributed by atoms with Gasteiger partial charge in [-0.1, -0.05) is 18.2 Å². The predicted molar refractivity (Wildman–Crippen MR) is 57.9 cm³/mol. The van der Waals surface area contributed by atoms with Crippen LogP contribution in [0.2, 0.25) is 0 Å². The van der Waals surface area contributed by atoms with Crippen LogP contribution in [0.15, 0.2) is 30.3 Å². The smallest absolute Gasteiger partial charge is 0.123 e. The maximum atomic E-state index is 12.7. The Morgan fingerprint density at radius 1 is 1.21 bits per heavy atom. The van der Waals surface area contributed by atoms with Crippen LogP contribution in [0.25, 0.3) is 5.57 Å². The third kappa shape index (κ3) is 2.16. The lowest BCUT2D eigenvalue weighted by molar-refractivity contribution is 0.627. The van der Waals surface area contributed by atoms with Crippen molar-refractivity contribution in [3.05, 3.63) is 41.7 Å². The van der Waals surface area contributed by atoms with Crippen molar-refractivity contribution in [1.29, 1.82) is 0 Å². The Bertz CT molecular complexity index is 340. The Kier molecular flexibility index (Phi) is 2.87. The van der Waals surface area contributed by atoms with Gasteiger partial charge in [-0.25, -0.2) is 4.39 Å². The molecule has 1 aliphatic rings. The van der Waals surface area contributed by atoms with Crippen molar-refractivity contribution in [2.45, 2.75) is 24.6 Å². The van der Waals surface area contributed by atoms with E-state index >= 15 is 0 Å². The molecule has 0 aliphatic heterocycles. The normalized spacial score (nSPS) is 21.9. The summed E-state index contributed by atoms with van der Waals surface area (Å²) in [5, 5.41) is 0.142. The lowest BCUT2D eigenvalue weighted by atomic mass is 9.93. The van der Waals surface area contributed by atoms with Gasteiger partial charge in [-0.05, 0) is 42.5 Å². The lowest BCUT2D eigenvalue weighted by Crippen LogP contribution is -2.02. The van der Waals surface area contributed by atoms with Crippen LogP contribution in [0, 0.1) is 5.82 Å². The quantitative estimate of drug-likeness (QED) is 0.615. The number of hydrogen-bond donors (Lipinski definition) is 0. The molecule has 14 heavy (non-hydrogen) atoms. The molecule has 1 atom stereocenters. The van der Waals surface area contributed by atoms with Gasteiger partial charge in [0.2, 0.25) is 0 Å². The minimum Gasteiger partial charge on any atom is -0.207 e. The summed E-state index contributed by atoms with van der Waals surface area (Å²) in [7, 11) is 0. The van der Waals surface area contributed by atoms with Crippen LogP contribution >= 0.6 is 11.6 Å². The van der Waals surface area contributed by atoms with Gasteiger partial charge in [0.1, 0.15) is 5.82 Å². The molecule has 1 aliphatic carbocycles. The largest absolute Gasteiger partial charge is 0.207 e. The van der Waals surface area contributed by atoms with E-state index in [4.69, 9.17) is 11.6 Å². The van der Waals surface area contributed by atoms with Crippen LogP contribution in [0.5, 0.6) is 0 Å². The van der Waals surface area contributed by atoms with Crippen molar-refractivity contribution in [2.24, 2.45) is 0 Å². The van der Waals surface area contributed by atoms with E-state index in [2.05, 4.69) is 6.08 Å². The van der Waals surface area contributed by atoms with E-state index in [9.17, 15) is 4.39 Å². The fourth-order valence-electron chi connectivity index (χ4n) is 1.78. The van der Waals surface area contributed by atoms with E-state index in [1.54, 1.807) is 0 Å². The van der Waals surface area contributed by atoms with Crippen molar-refractivity contribution in [3.8, 4) is 0 Å². The average molecular weight is 211 g/mol. The highest BCUT2D eigenvalue weighted by Crippen LogP contribution is 2.28.